The van der Waals surface area contributed by atoms with Gasteiger partial charge in [-0.05, 0) is 74.7 Å². The first-order valence-corrected chi connectivity index (χ1v) is 7.61. The largest absolute Gasteiger partial charge is 0.453 e. The van der Waals surface area contributed by atoms with Crippen LogP contribution in [0.2, 0.25) is 0 Å². The quantitative estimate of drug-likeness (QED) is 0.790. The van der Waals surface area contributed by atoms with Crippen molar-refractivity contribution in [1.29, 1.82) is 0 Å². The Bertz CT molecular complexity index is 556. The maximum Gasteiger partial charge on any atom is 0.169 e. The zero-order chi connectivity index (χ0) is 13.8. The van der Waals surface area contributed by atoms with Gasteiger partial charge in [0.1, 0.15) is 11.6 Å². The first kappa shape index (κ1) is 14.8. The lowest BCUT2D eigenvalue weighted by Gasteiger charge is -2.15. The maximum atomic E-state index is 13.2. The van der Waals surface area contributed by atoms with Crippen LogP contribution in [0.4, 0.5) is 4.39 Å². The second-order valence-electron chi connectivity index (χ2n) is 4.20. The molecule has 0 aliphatic rings. The van der Waals surface area contributed by atoms with Crippen LogP contribution < -0.4 is 5.32 Å². The van der Waals surface area contributed by atoms with Gasteiger partial charge in [-0.2, -0.15) is 0 Å². The van der Waals surface area contributed by atoms with Crippen molar-refractivity contribution >= 4 is 31.9 Å². The van der Waals surface area contributed by atoms with Gasteiger partial charge in [-0.25, -0.2) is 4.39 Å². The fraction of sp³-hybridized carbons (Fsp3) is 0.286. The van der Waals surface area contributed by atoms with E-state index in [0.29, 0.717) is 9.14 Å². The van der Waals surface area contributed by atoms with Gasteiger partial charge in [0.25, 0.3) is 0 Å². The van der Waals surface area contributed by atoms with Crippen molar-refractivity contribution in [3.63, 3.8) is 0 Å². The van der Waals surface area contributed by atoms with Gasteiger partial charge in [-0.1, -0.05) is 13.0 Å². The molecule has 0 fully saturated rings. The Morgan fingerprint density at radius 3 is 2.63 bits per heavy atom. The Balaban J connectivity index is 2.18. The number of hydrogen-bond donors (Lipinski definition) is 1. The van der Waals surface area contributed by atoms with Gasteiger partial charge < -0.3 is 9.73 Å². The molecule has 102 valence electrons. The van der Waals surface area contributed by atoms with E-state index in [-0.39, 0.29) is 11.9 Å². The zero-order valence-electron chi connectivity index (χ0n) is 10.4. The van der Waals surface area contributed by atoms with Gasteiger partial charge in [0.05, 0.1) is 10.5 Å². The predicted molar refractivity (Wildman–Crippen MR) is 80.6 cm³/mol. The molecule has 0 saturated carbocycles. The third-order valence-corrected chi connectivity index (χ3v) is 3.85. The Kier molecular flexibility index (Phi) is 5.19. The van der Waals surface area contributed by atoms with Crippen molar-refractivity contribution in [3.8, 4) is 0 Å². The number of nitrogens with one attached hydrogen (secondary N) is 1. The third-order valence-electron chi connectivity index (χ3n) is 2.81. The summed E-state index contributed by atoms with van der Waals surface area (Å²) in [5, 5.41) is 3.37. The molecule has 2 nitrogen and oxygen atoms in total. The lowest BCUT2D eigenvalue weighted by molar-refractivity contribution is 0.405. The number of hydrogen-bond acceptors (Lipinski definition) is 2. The van der Waals surface area contributed by atoms with Crippen LogP contribution in [-0.4, -0.2) is 6.54 Å². The molecule has 2 rings (SSSR count). The van der Waals surface area contributed by atoms with Crippen LogP contribution in [0.15, 0.2) is 43.9 Å². The number of likely N-dealkylation sites (N-methyl/N-ethyl adjacent to an activating group) is 1. The number of furan rings is 1. The van der Waals surface area contributed by atoms with Crippen molar-refractivity contribution < 1.29 is 8.81 Å². The van der Waals surface area contributed by atoms with E-state index in [4.69, 9.17) is 4.42 Å². The summed E-state index contributed by atoms with van der Waals surface area (Å²) >= 11 is 6.52. The lowest BCUT2D eigenvalue weighted by Crippen LogP contribution is -2.22. The number of halogens is 3. The third kappa shape index (κ3) is 3.91. The zero-order valence-corrected chi connectivity index (χ0v) is 13.6. The Labute approximate surface area is 128 Å². The summed E-state index contributed by atoms with van der Waals surface area (Å²) in [6.45, 7) is 2.89. The molecule has 1 heterocycles. The molecule has 0 spiro atoms. The number of benzene rings is 1. The van der Waals surface area contributed by atoms with E-state index in [0.717, 1.165) is 24.3 Å². The van der Waals surface area contributed by atoms with Crippen molar-refractivity contribution in [2.45, 2.75) is 19.4 Å². The molecule has 1 unspecified atom stereocenters. The maximum absolute atomic E-state index is 13.2. The van der Waals surface area contributed by atoms with Crippen molar-refractivity contribution in [2.75, 3.05) is 6.54 Å². The molecule has 0 aliphatic heterocycles. The van der Waals surface area contributed by atoms with Crippen molar-refractivity contribution in [2.24, 2.45) is 0 Å². The molecule has 2 aromatic rings. The van der Waals surface area contributed by atoms with E-state index in [2.05, 4.69) is 37.2 Å². The highest BCUT2D eigenvalue weighted by Gasteiger charge is 2.15. The molecular weight excluding hydrogens is 377 g/mol. The van der Waals surface area contributed by atoms with Crippen LogP contribution in [0, 0.1) is 5.82 Å². The fourth-order valence-electron chi connectivity index (χ4n) is 1.94. The Morgan fingerprint density at radius 2 is 2.05 bits per heavy atom. The van der Waals surface area contributed by atoms with E-state index in [1.807, 2.05) is 19.1 Å². The minimum Gasteiger partial charge on any atom is -0.453 e. The molecule has 0 bridgehead atoms. The molecule has 1 aromatic carbocycles. The monoisotopic (exact) mass is 389 g/mol. The molecule has 0 saturated heterocycles. The summed E-state index contributed by atoms with van der Waals surface area (Å²) in [5.41, 5.74) is 1.05. The summed E-state index contributed by atoms with van der Waals surface area (Å²) in [6, 6.07) is 8.96. The molecule has 0 aliphatic carbocycles. The van der Waals surface area contributed by atoms with E-state index in [9.17, 15) is 4.39 Å². The molecule has 1 aromatic heterocycles. The lowest BCUT2D eigenvalue weighted by atomic mass is 10.0. The van der Waals surface area contributed by atoms with Crippen LogP contribution in [0.25, 0.3) is 0 Å². The van der Waals surface area contributed by atoms with Crippen LogP contribution in [0.5, 0.6) is 0 Å². The average molecular weight is 391 g/mol. The highest BCUT2D eigenvalue weighted by molar-refractivity contribution is 9.10. The number of rotatable bonds is 5. The molecular formula is C14H14Br2FNO. The summed E-state index contributed by atoms with van der Waals surface area (Å²) in [7, 11) is 0. The first-order valence-electron chi connectivity index (χ1n) is 6.02. The van der Waals surface area contributed by atoms with E-state index in [1.165, 1.54) is 6.07 Å². The summed E-state index contributed by atoms with van der Waals surface area (Å²) < 4.78 is 20.0. The fourth-order valence-corrected chi connectivity index (χ4v) is 2.68. The van der Waals surface area contributed by atoms with Crippen molar-refractivity contribution in [1.82, 2.24) is 5.32 Å². The standard InChI is InChI=1S/C14H14Br2FNO/c1-2-18-12(13-5-6-14(16)19-13)8-9-3-4-11(17)10(15)7-9/h3-7,12,18H,2,8H2,1H3. The summed E-state index contributed by atoms with van der Waals surface area (Å²) in [5.74, 6) is 0.624. The summed E-state index contributed by atoms with van der Waals surface area (Å²) in [4.78, 5) is 0. The van der Waals surface area contributed by atoms with Gasteiger partial charge in [-0.15, -0.1) is 0 Å². The van der Waals surface area contributed by atoms with E-state index in [1.54, 1.807) is 12.1 Å². The molecule has 1 atom stereocenters. The Morgan fingerprint density at radius 1 is 1.26 bits per heavy atom. The molecule has 19 heavy (non-hydrogen) atoms. The highest BCUT2D eigenvalue weighted by Crippen LogP contribution is 2.25. The minimum atomic E-state index is -0.246. The van der Waals surface area contributed by atoms with Gasteiger partial charge >= 0.3 is 0 Å². The second kappa shape index (κ2) is 6.68. The normalized spacial score (nSPS) is 12.6. The van der Waals surface area contributed by atoms with Gasteiger partial charge in [0.15, 0.2) is 4.67 Å². The van der Waals surface area contributed by atoms with Crippen LogP contribution in [0.1, 0.15) is 24.3 Å². The Hall–Kier alpha value is -0.650. The van der Waals surface area contributed by atoms with Crippen LogP contribution in [-0.2, 0) is 6.42 Å². The minimum absolute atomic E-state index is 0.0775. The van der Waals surface area contributed by atoms with Gasteiger partial charge in [0.2, 0.25) is 0 Å². The topological polar surface area (TPSA) is 25.2 Å². The SMILES string of the molecule is CCNC(Cc1ccc(F)c(Br)c1)c1ccc(Br)o1. The predicted octanol–water partition coefficient (Wildman–Crippen LogP) is 4.84. The van der Waals surface area contributed by atoms with Crippen LogP contribution in [0.3, 0.4) is 0 Å². The average Bonchev–Trinajstić information content (AvgIpc) is 2.80. The highest BCUT2D eigenvalue weighted by atomic mass is 79.9. The molecule has 5 heteroatoms. The summed E-state index contributed by atoms with van der Waals surface area (Å²) in [6.07, 6.45) is 0.743. The smallest absolute Gasteiger partial charge is 0.169 e. The van der Waals surface area contributed by atoms with Crippen LogP contribution >= 0.6 is 31.9 Å². The van der Waals surface area contributed by atoms with E-state index < -0.39 is 0 Å². The van der Waals surface area contributed by atoms with Crippen molar-refractivity contribution in [3.05, 3.63) is 56.6 Å². The van der Waals surface area contributed by atoms with Gasteiger partial charge in [0, 0.05) is 0 Å². The molecule has 1 N–H and O–H groups in total. The molecule has 0 amide bonds. The first-order chi connectivity index (χ1) is 9.10. The van der Waals surface area contributed by atoms with E-state index >= 15 is 0 Å². The van der Waals surface area contributed by atoms with Gasteiger partial charge in [-0.3, -0.25) is 0 Å². The second-order valence-corrected chi connectivity index (χ2v) is 5.84. The molecule has 0 radical (unpaired) electrons.